The van der Waals surface area contributed by atoms with Gasteiger partial charge in [-0.15, -0.1) is 11.3 Å². The minimum absolute atomic E-state index is 0.157. The van der Waals surface area contributed by atoms with Gasteiger partial charge in [0.2, 0.25) is 0 Å². The van der Waals surface area contributed by atoms with E-state index < -0.39 is 0 Å². The van der Waals surface area contributed by atoms with Gasteiger partial charge >= 0.3 is 5.97 Å². The first-order valence-electron chi connectivity index (χ1n) is 4.55. The highest BCUT2D eigenvalue weighted by Crippen LogP contribution is 2.08. The number of carbonyl (C=O) groups is 1. The molecule has 14 heavy (non-hydrogen) atoms. The standard InChI is InChI=1S/C10H15NO2S/c1-8(6-10(12)13-2)11-7-9-4-3-5-14-9/h3-5,8,11H,6-7H2,1-2H3. The van der Waals surface area contributed by atoms with Gasteiger partial charge in [-0.2, -0.15) is 0 Å². The first kappa shape index (κ1) is 11.2. The molecule has 3 nitrogen and oxygen atoms in total. The van der Waals surface area contributed by atoms with Crippen LogP contribution in [0.3, 0.4) is 0 Å². The number of methoxy groups -OCH3 is 1. The molecule has 1 unspecified atom stereocenters. The number of thiophene rings is 1. The highest BCUT2D eigenvalue weighted by molar-refractivity contribution is 7.09. The smallest absolute Gasteiger partial charge is 0.307 e. The van der Waals surface area contributed by atoms with Crippen LogP contribution in [0.2, 0.25) is 0 Å². The Balaban J connectivity index is 2.21. The van der Waals surface area contributed by atoms with Crippen LogP contribution in [0.25, 0.3) is 0 Å². The van der Waals surface area contributed by atoms with Crippen molar-refractivity contribution in [3.8, 4) is 0 Å². The van der Waals surface area contributed by atoms with Crippen LogP contribution in [0.5, 0.6) is 0 Å². The summed E-state index contributed by atoms with van der Waals surface area (Å²) in [5.41, 5.74) is 0. The molecule has 0 fully saturated rings. The molecule has 0 saturated heterocycles. The fourth-order valence-corrected chi connectivity index (χ4v) is 1.75. The second kappa shape index (κ2) is 5.78. The van der Waals surface area contributed by atoms with Crippen LogP contribution in [-0.2, 0) is 16.1 Å². The van der Waals surface area contributed by atoms with Crippen LogP contribution >= 0.6 is 11.3 Å². The van der Waals surface area contributed by atoms with E-state index in [4.69, 9.17) is 0 Å². The Morgan fingerprint density at radius 3 is 3.07 bits per heavy atom. The highest BCUT2D eigenvalue weighted by atomic mass is 32.1. The Hall–Kier alpha value is -0.870. The van der Waals surface area contributed by atoms with Gasteiger partial charge in [-0.3, -0.25) is 4.79 Å². The molecule has 0 aliphatic rings. The monoisotopic (exact) mass is 213 g/mol. The highest BCUT2D eigenvalue weighted by Gasteiger charge is 2.08. The van der Waals surface area contributed by atoms with Gasteiger partial charge < -0.3 is 10.1 Å². The molecule has 4 heteroatoms. The topological polar surface area (TPSA) is 38.3 Å². The van der Waals surface area contributed by atoms with Crippen LogP contribution in [0, 0.1) is 0 Å². The summed E-state index contributed by atoms with van der Waals surface area (Å²) < 4.78 is 4.58. The Morgan fingerprint density at radius 1 is 1.71 bits per heavy atom. The fourth-order valence-electron chi connectivity index (χ4n) is 1.09. The lowest BCUT2D eigenvalue weighted by Crippen LogP contribution is -2.28. The third kappa shape index (κ3) is 3.89. The van der Waals surface area contributed by atoms with E-state index in [1.54, 1.807) is 11.3 Å². The van der Waals surface area contributed by atoms with Crippen molar-refractivity contribution in [3.63, 3.8) is 0 Å². The SMILES string of the molecule is COC(=O)CC(C)NCc1cccs1. The molecule has 0 saturated carbocycles. The van der Waals surface area contributed by atoms with E-state index in [2.05, 4.69) is 16.1 Å². The van der Waals surface area contributed by atoms with Crippen LogP contribution < -0.4 is 5.32 Å². The zero-order chi connectivity index (χ0) is 10.4. The average Bonchev–Trinajstić information content (AvgIpc) is 2.67. The normalized spacial score (nSPS) is 12.4. The molecule has 1 N–H and O–H groups in total. The van der Waals surface area contributed by atoms with E-state index in [0.717, 1.165) is 6.54 Å². The number of hydrogen-bond donors (Lipinski definition) is 1. The largest absolute Gasteiger partial charge is 0.469 e. The lowest BCUT2D eigenvalue weighted by molar-refractivity contribution is -0.141. The average molecular weight is 213 g/mol. The minimum Gasteiger partial charge on any atom is -0.469 e. The van der Waals surface area contributed by atoms with Crippen LogP contribution in [0.1, 0.15) is 18.2 Å². The van der Waals surface area contributed by atoms with Gasteiger partial charge in [-0.1, -0.05) is 6.07 Å². The number of nitrogens with one attached hydrogen (secondary N) is 1. The molecule has 0 bridgehead atoms. The predicted molar refractivity (Wildman–Crippen MR) is 57.3 cm³/mol. The molecule has 0 radical (unpaired) electrons. The maximum absolute atomic E-state index is 10.9. The molecular formula is C10H15NO2S. The van der Waals surface area contributed by atoms with Crippen molar-refractivity contribution in [1.29, 1.82) is 0 Å². The molecule has 1 rings (SSSR count). The van der Waals surface area contributed by atoms with Gasteiger partial charge in [0.25, 0.3) is 0 Å². The van der Waals surface area contributed by atoms with Crippen molar-refractivity contribution in [1.82, 2.24) is 5.32 Å². The van der Waals surface area contributed by atoms with Crippen LogP contribution in [-0.4, -0.2) is 19.1 Å². The molecular weight excluding hydrogens is 198 g/mol. The molecule has 0 aromatic carbocycles. The summed E-state index contributed by atoms with van der Waals surface area (Å²) in [6.45, 7) is 2.79. The quantitative estimate of drug-likeness (QED) is 0.758. The summed E-state index contributed by atoms with van der Waals surface area (Å²) in [5.74, 6) is -0.170. The Bertz CT molecular complexity index is 272. The number of carbonyl (C=O) groups excluding carboxylic acids is 1. The molecule has 78 valence electrons. The maximum atomic E-state index is 10.9. The molecule has 0 spiro atoms. The van der Waals surface area contributed by atoms with Gasteiger partial charge in [0.05, 0.1) is 13.5 Å². The van der Waals surface area contributed by atoms with Crippen molar-refractivity contribution in [3.05, 3.63) is 22.4 Å². The second-order valence-electron chi connectivity index (χ2n) is 3.14. The molecule has 1 heterocycles. The van der Waals surface area contributed by atoms with E-state index >= 15 is 0 Å². The first-order valence-corrected chi connectivity index (χ1v) is 5.43. The number of esters is 1. The minimum atomic E-state index is -0.170. The zero-order valence-electron chi connectivity index (χ0n) is 8.45. The third-order valence-corrected chi connectivity index (χ3v) is 2.78. The van der Waals surface area contributed by atoms with Gasteiger partial charge in [0.15, 0.2) is 0 Å². The summed E-state index contributed by atoms with van der Waals surface area (Å²) in [4.78, 5) is 12.2. The molecule has 0 amide bonds. The van der Waals surface area contributed by atoms with E-state index in [1.165, 1.54) is 12.0 Å². The molecule has 1 aromatic rings. The van der Waals surface area contributed by atoms with E-state index in [9.17, 15) is 4.79 Å². The third-order valence-electron chi connectivity index (χ3n) is 1.91. The van der Waals surface area contributed by atoms with Crippen molar-refractivity contribution >= 4 is 17.3 Å². The van der Waals surface area contributed by atoms with Gasteiger partial charge in [0.1, 0.15) is 0 Å². The molecule has 0 aliphatic heterocycles. The summed E-state index contributed by atoms with van der Waals surface area (Å²) in [5, 5.41) is 5.30. The maximum Gasteiger partial charge on any atom is 0.307 e. The summed E-state index contributed by atoms with van der Waals surface area (Å²) in [6, 6.07) is 4.25. The number of hydrogen-bond acceptors (Lipinski definition) is 4. The summed E-state index contributed by atoms with van der Waals surface area (Å²) in [6.07, 6.45) is 0.419. The predicted octanol–water partition coefficient (Wildman–Crippen LogP) is 1.79. The van der Waals surface area contributed by atoms with Crippen molar-refractivity contribution in [2.24, 2.45) is 0 Å². The van der Waals surface area contributed by atoms with Gasteiger partial charge in [-0.25, -0.2) is 0 Å². The van der Waals surface area contributed by atoms with E-state index in [1.807, 2.05) is 18.4 Å². The zero-order valence-corrected chi connectivity index (χ0v) is 9.26. The first-order chi connectivity index (χ1) is 6.72. The summed E-state index contributed by atoms with van der Waals surface area (Å²) in [7, 11) is 1.41. The van der Waals surface area contributed by atoms with E-state index in [0.29, 0.717) is 6.42 Å². The van der Waals surface area contributed by atoms with E-state index in [-0.39, 0.29) is 12.0 Å². The number of rotatable bonds is 5. The Labute approximate surface area is 88.1 Å². The molecule has 0 aliphatic carbocycles. The van der Waals surface area contributed by atoms with Crippen LogP contribution in [0.4, 0.5) is 0 Å². The Kier molecular flexibility index (Phi) is 4.62. The lowest BCUT2D eigenvalue weighted by Gasteiger charge is -2.11. The summed E-state index contributed by atoms with van der Waals surface area (Å²) >= 11 is 1.71. The van der Waals surface area contributed by atoms with Crippen LogP contribution in [0.15, 0.2) is 17.5 Å². The van der Waals surface area contributed by atoms with Crippen molar-refractivity contribution < 1.29 is 9.53 Å². The van der Waals surface area contributed by atoms with Crippen molar-refractivity contribution in [2.45, 2.75) is 25.9 Å². The Morgan fingerprint density at radius 2 is 2.50 bits per heavy atom. The number of ether oxygens (including phenoxy) is 1. The molecule has 1 atom stereocenters. The second-order valence-corrected chi connectivity index (χ2v) is 4.17. The van der Waals surface area contributed by atoms with Crippen molar-refractivity contribution in [2.75, 3.05) is 7.11 Å². The molecule has 1 aromatic heterocycles. The fraction of sp³-hybridized carbons (Fsp3) is 0.500. The van der Waals surface area contributed by atoms with Gasteiger partial charge in [-0.05, 0) is 18.4 Å². The van der Waals surface area contributed by atoms with Gasteiger partial charge in [0, 0.05) is 17.5 Å². The lowest BCUT2D eigenvalue weighted by atomic mass is 10.2.